The van der Waals surface area contributed by atoms with Crippen LogP contribution in [0.25, 0.3) is 11.5 Å². The molecule has 0 radical (unpaired) electrons. The summed E-state index contributed by atoms with van der Waals surface area (Å²) in [6, 6.07) is 15.6. The Hall–Kier alpha value is -2.57. The Labute approximate surface area is 184 Å². The molecule has 6 rings (SSSR count). The summed E-state index contributed by atoms with van der Waals surface area (Å²) < 4.78 is 7.62. The maximum atomic E-state index is 5.56. The number of nitrogens with one attached hydrogen (secondary N) is 1. The molecule has 1 N–H and O–H groups in total. The molecular weight excluding hydrogens is 386 g/mol. The highest BCUT2D eigenvalue weighted by molar-refractivity contribution is 5.52. The molecule has 1 unspecified atom stereocenters. The van der Waals surface area contributed by atoms with Gasteiger partial charge in [0.25, 0.3) is 0 Å². The van der Waals surface area contributed by atoms with Crippen LogP contribution >= 0.6 is 0 Å². The lowest BCUT2D eigenvalue weighted by Gasteiger charge is -2.50. The van der Waals surface area contributed by atoms with E-state index in [-0.39, 0.29) is 0 Å². The van der Waals surface area contributed by atoms with Crippen molar-refractivity contribution in [3.8, 4) is 11.5 Å². The van der Waals surface area contributed by atoms with Gasteiger partial charge in [-0.15, -0.1) is 0 Å². The van der Waals surface area contributed by atoms with E-state index >= 15 is 0 Å². The standard InChI is InChI=1S/C25H33N5O/c1-28(2)20-8-6-18(7-9-20)15-26-16-21-13-19-10-11-30(21)17-22(19)24-14-23(27-29(24)3)25-5-4-12-31-25/h4-9,12,14,19,21-22,26H,10-11,13,15-17H2,1-3H3/t19-,21+,22-/m0/s1. The smallest absolute Gasteiger partial charge is 0.154 e. The molecule has 3 fully saturated rings. The Bertz CT molecular complexity index is 992. The van der Waals surface area contributed by atoms with Crippen molar-refractivity contribution in [3.05, 3.63) is 60.0 Å². The molecule has 0 saturated carbocycles. The second-order valence-corrected chi connectivity index (χ2v) is 9.29. The zero-order chi connectivity index (χ0) is 21.4. The van der Waals surface area contributed by atoms with Crippen LogP contribution in [0, 0.1) is 5.92 Å². The number of hydrogen-bond donors (Lipinski definition) is 1. The second-order valence-electron chi connectivity index (χ2n) is 9.29. The van der Waals surface area contributed by atoms with Crippen molar-refractivity contribution in [1.82, 2.24) is 20.0 Å². The third-order valence-electron chi connectivity index (χ3n) is 7.11. The van der Waals surface area contributed by atoms with Gasteiger partial charge < -0.3 is 14.6 Å². The molecule has 4 atom stereocenters. The predicted octanol–water partition coefficient (Wildman–Crippen LogP) is 3.71. The van der Waals surface area contributed by atoms with Crippen molar-refractivity contribution in [2.24, 2.45) is 13.0 Å². The molecule has 2 aromatic heterocycles. The van der Waals surface area contributed by atoms with Gasteiger partial charge in [-0.2, -0.15) is 5.10 Å². The van der Waals surface area contributed by atoms with Crippen molar-refractivity contribution >= 4 is 5.69 Å². The zero-order valence-electron chi connectivity index (χ0n) is 18.8. The van der Waals surface area contributed by atoms with Gasteiger partial charge in [0.05, 0.1) is 6.26 Å². The number of fused-ring (bicyclic) bond motifs is 3. The highest BCUT2D eigenvalue weighted by Gasteiger charge is 2.41. The quantitative estimate of drug-likeness (QED) is 0.633. The van der Waals surface area contributed by atoms with Gasteiger partial charge in [-0.1, -0.05) is 12.1 Å². The number of nitrogens with zero attached hydrogens (tertiary/aromatic N) is 4. The molecule has 2 bridgehead atoms. The lowest BCUT2D eigenvalue weighted by atomic mass is 9.74. The van der Waals surface area contributed by atoms with Crippen molar-refractivity contribution in [2.45, 2.75) is 31.3 Å². The number of rotatable bonds is 7. The summed E-state index contributed by atoms with van der Waals surface area (Å²) >= 11 is 0. The third-order valence-corrected chi connectivity index (χ3v) is 7.11. The lowest BCUT2D eigenvalue weighted by molar-refractivity contribution is 0.0282. The largest absolute Gasteiger partial charge is 0.463 e. The molecule has 31 heavy (non-hydrogen) atoms. The molecule has 0 aliphatic carbocycles. The van der Waals surface area contributed by atoms with Gasteiger partial charge in [-0.25, -0.2) is 0 Å². The minimum atomic E-state index is 0.560. The molecule has 6 nitrogen and oxygen atoms in total. The van der Waals surface area contributed by atoms with Crippen LogP contribution in [-0.2, 0) is 13.6 Å². The van der Waals surface area contributed by atoms with Gasteiger partial charge in [0.15, 0.2) is 5.76 Å². The van der Waals surface area contributed by atoms with Crippen LogP contribution in [0.5, 0.6) is 0 Å². The van der Waals surface area contributed by atoms with Crippen molar-refractivity contribution < 1.29 is 4.42 Å². The summed E-state index contributed by atoms with van der Waals surface area (Å²) in [4.78, 5) is 4.83. The van der Waals surface area contributed by atoms with Crippen LogP contribution in [0.1, 0.15) is 30.0 Å². The van der Waals surface area contributed by atoms with Crippen molar-refractivity contribution in [1.29, 1.82) is 0 Å². The maximum absolute atomic E-state index is 5.56. The average molecular weight is 420 g/mol. The Morgan fingerprint density at radius 1 is 1.19 bits per heavy atom. The van der Waals surface area contributed by atoms with E-state index in [0.29, 0.717) is 12.0 Å². The summed E-state index contributed by atoms with van der Waals surface area (Å²) in [6.45, 7) is 4.33. The minimum absolute atomic E-state index is 0.560. The molecule has 3 saturated heterocycles. The number of aryl methyl sites for hydroxylation is 1. The normalized spacial score (nSPS) is 25.1. The highest BCUT2D eigenvalue weighted by atomic mass is 16.3. The van der Waals surface area contributed by atoms with Crippen LogP contribution in [0.4, 0.5) is 5.69 Å². The summed E-state index contributed by atoms with van der Waals surface area (Å²) in [7, 11) is 6.23. The SMILES string of the molecule is CN(C)c1ccc(CNC[C@H]2C[C@@H]3CCN2C[C@@H]3c2cc(-c3ccco3)nn2C)cc1. The molecule has 1 aromatic carbocycles. The number of anilines is 1. The number of hydrogen-bond acceptors (Lipinski definition) is 5. The van der Waals surface area contributed by atoms with E-state index < -0.39 is 0 Å². The Balaban J connectivity index is 1.19. The molecule has 3 aromatic rings. The Morgan fingerprint density at radius 2 is 2.03 bits per heavy atom. The maximum Gasteiger partial charge on any atom is 0.154 e. The molecule has 0 amide bonds. The second kappa shape index (κ2) is 8.52. The Morgan fingerprint density at radius 3 is 2.71 bits per heavy atom. The molecule has 6 heteroatoms. The summed E-state index contributed by atoms with van der Waals surface area (Å²) in [5.41, 5.74) is 4.88. The molecule has 5 heterocycles. The first kappa shape index (κ1) is 20.3. The number of furan rings is 1. The number of aromatic nitrogens is 2. The molecular formula is C25H33N5O. The number of piperidine rings is 3. The van der Waals surface area contributed by atoms with Crippen molar-refractivity contribution in [2.75, 3.05) is 38.6 Å². The zero-order valence-corrected chi connectivity index (χ0v) is 18.8. The van der Waals surface area contributed by atoms with Crippen LogP contribution in [0.2, 0.25) is 0 Å². The fourth-order valence-corrected chi connectivity index (χ4v) is 5.35. The first-order valence-corrected chi connectivity index (χ1v) is 11.4. The van der Waals surface area contributed by atoms with Gasteiger partial charge in [0, 0.05) is 64.1 Å². The first-order valence-electron chi connectivity index (χ1n) is 11.4. The Kier molecular flexibility index (Phi) is 5.59. The monoisotopic (exact) mass is 419 g/mol. The molecule has 3 aliphatic heterocycles. The summed E-state index contributed by atoms with van der Waals surface area (Å²) in [5, 5.41) is 8.43. The third kappa shape index (κ3) is 4.14. The fraction of sp³-hybridized carbons (Fsp3) is 0.480. The predicted molar refractivity (Wildman–Crippen MR) is 124 cm³/mol. The van der Waals surface area contributed by atoms with Gasteiger partial charge >= 0.3 is 0 Å². The lowest BCUT2D eigenvalue weighted by Crippen LogP contribution is -2.55. The van der Waals surface area contributed by atoms with E-state index in [1.165, 1.54) is 36.3 Å². The van der Waals surface area contributed by atoms with E-state index in [1.54, 1.807) is 6.26 Å². The summed E-state index contributed by atoms with van der Waals surface area (Å²) in [5.74, 6) is 2.14. The van der Waals surface area contributed by atoms with E-state index in [0.717, 1.165) is 37.0 Å². The van der Waals surface area contributed by atoms with E-state index in [9.17, 15) is 0 Å². The molecule has 3 aliphatic rings. The van der Waals surface area contributed by atoms with Crippen molar-refractivity contribution in [3.63, 3.8) is 0 Å². The average Bonchev–Trinajstić information content (AvgIpc) is 3.44. The van der Waals surface area contributed by atoms with Crippen LogP contribution < -0.4 is 10.2 Å². The van der Waals surface area contributed by atoms with Crippen LogP contribution in [0.15, 0.2) is 53.1 Å². The van der Waals surface area contributed by atoms with E-state index in [4.69, 9.17) is 9.52 Å². The van der Waals surface area contributed by atoms with Crippen LogP contribution in [0.3, 0.4) is 0 Å². The van der Waals surface area contributed by atoms with E-state index in [2.05, 4.69) is 71.3 Å². The highest BCUT2D eigenvalue weighted by Crippen LogP contribution is 2.42. The van der Waals surface area contributed by atoms with Gasteiger partial charge in [0.2, 0.25) is 0 Å². The molecule has 0 spiro atoms. The fourth-order valence-electron chi connectivity index (χ4n) is 5.35. The van der Waals surface area contributed by atoms with Gasteiger partial charge in [-0.05, 0) is 61.2 Å². The number of benzene rings is 1. The molecule has 164 valence electrons. The topological polar surface area (TPSA) is 49.5 Å². The van der Waals surface area contributed by atoms with E-state index in [1.807, 2.05) is 12.1 Å². The van der Waals surface area contributed by atoms with Gasteiger partial charge in [-0.3, -0.25) is 9.58 Å². The summed E-state index contributed by atoms with van der Waals surface area (Å²) in [6.07, 6.45) is 4.26. The van der Waals surface area contributed by atoms with Gasteiger partial charge in [0.1, 0.15) is 5.69 Å². The minimum Gasteiger partial charge on any atom is -0.463 e. The van der Waals surface area contributed by atoms with Crippen LogP contribution in [-0.4, -0.2) is 54.5 Å². The first-order chi connectivity index (χ1) is 15.1.